The molecule has 3 heteroatoms. The van der Waals surface area contributed by atoms with Gasteiger partial charge in [0.1, 0.15) is 6.17 Å². The first-order chi connectivity index (χ1) is 5.40. The lowest BCUT2D eigenvalue weighted by atomic mass is 10.2. The highest BCUT2D eigenvalue weighted by atomic mass is 16.3. The number of anilines is 1. The third-order valence-corrected chi connectivity index (χ3v) is 1.77. The lowest BCUT2D eigenvalue weighted by Crippen LogP contribution is -2.19. The van der Waals surface area contributed by atoms with Gasteiger partial charge in [-0.2, -0.15) is 0 Å². The van der Waals surface area contributed by atoms with E-state index >= 15 is 0 Å². The molecular formula is C8H10N2O. The molecule has 1 N–H and O–H groups in total. The molecule has 0 fully saturated rings. The zero-order valence-corrected chi connectivity index (χ0v) is 6.37. The molecule has 11 heavy (non-hydrogen) atoms. The fourth-order valence-electron chi connectivity index (χ4n) is 1.10. The van der Waals surface area contributed by atoms with Gasteiger partial charge < -0.3 is 9.73 Å². The first-order valence-corrected chi connectivity index (χ1v) is 3.77. The van der Waals surface area contributed by atoms with Gasteiger partial charge in [-0.25, -0.2) is 0 Å². The maximum absolute atomic E-state index is 5.19. The van der Waals surface area contributed by atoms with Gasteiger partial charge >= 0.3 is 0 Å². The summed E-state index contributed by atoms with van der Waals surface area (Å²) < 4.78 is 5.19. The summed E-state index contributed by atoms with van der Waals surface area (Å²) in [6.07, 6.45) is 4.69. The van der Waals surface area contributed by atoms with Crippen LogP contribution in [0.5, 0.6) is 0 Å². The quantitative estimate of drug-likeness (QED) is 0.663. The van der Waals surface area contributed by atoms with E-state index in [0.29, 0.717) is 0 Å². The number of nitrogens with zero attached hydrogens (tertiary/aromatic N) is 1. The number of rotatable bonds is 1. The van der Waals surface area contributed by atoms with Crippen molar-refractivity contribution in [1.82, 2.24) is 0 Å². The van der Waals surface area contributed by atoms with Crippen LogP contribution in [0.2, 0.25) is 0 Å². The molecule has 0 saturated heterocycles. The molecule has 58 valence electrons. The molecule has 3 nitrogen and oxygen atoms in total. The van der Waals surface area contributed by atoms with E-state index in [1.165, 1.54) is 0 Å². The van der Waals surface area contributed by atoms with Crippen LogP contribution in [-0.4, -0.2) is 12.4 Å². The molecule has 0 aliphatic carbocycles. The van der Waals surface area contributed by atoms with Gasteiger partial charge in [0.15, 0.2) is 0 Å². The number of aliphatic imine (C=N–C) groups is 1. The summed E-state index contributed by atoms with van der Waals surface area (Å²) in [7, 11) is 0. The Labute approximate surface area is 65.1 Å². The van der Waals surface area contributed by atoms with Gasteiger partial charge in [0.2, 0.25) is 5.88 Å². The normalized spacial score (nSPS) is 21.0. The second-order valence-electron chi connectivity index (χ2n) is 2.55. The first-order valence-electron chi connectivity index (χ1n) is 3.77. The Morgan fingerprint density at radius 3 is 3.45 bits per heavy atom. The van der Waals surface area contributed by atoms with E-state index in [4.69, 9.17) is 4.42 Å². The Kier molecular flexibility index (Phi) is 1.42. The standard InChI is InChI=1S/C8H10N2O/c1-2-7-9-5-6-3-4-11-8(6)10-7/h3-5,7,10H,2H2,1H3. The van der Waals surface area contributed by atoms with Crippen LogP contribution in [0, 0.1) is 0 Å². The summed E-state index contributed by atoms with van der Waals surface area (Å²) >= 11 is 0. The number of hydrogen-bond acceptors (Lipinski definition) is 3. The summed E-state index contributed by atoms with van der Waals surface area (Å²) in [5.74, 6) is 0.840. The first kappa shape index (κ1) is 6.46. The zero-order valence-electron chi connectivity index (χ0n) is 6.37. The minimum Gasteiger partial charge on any atom is -0.448 e. The summed E-state index contributed by atoms with van der Waals surface area (Å²) in [4.78, 5) is 4.27. The number of nitrogens with one attached hydrogen (secondary N) is 1. The molecule has 0 bridgehead atoms. The summed E-state index contributed by atoms with van der Waals surface area (Å²) in [6, 6.07) is 1.90. The van der Waals surface area contributed by atoms with Crippen molar-refractivity contribution in [2.75, 3.05) is 5.32 Å². The van der Waals surface area contributed by atoms with Crippen LogP contribution >= 0.6 is 0 Å². The fraction of sp³-hybridized carbons (Fsp3) is 0.375. The summed E-state index contributed by atoms with van der Waals surface area (Å²) in [6.45, 7) is 2.09. The highest BCUT2D eigenvalue weighted by molar-refractivity contribution is 5.87. The molecule has 0 spiro atoms. The maximum atomic E-state index is 5.19. The van der Waals surface area contributed by atoms with Crippen molar-refractivity contribution in [3.63, 3.8) is 0 Å². The van der Waals surface area contributed by atoms with E-state index in [9.17, 15) is 0 Å². The monoisotopic (exact) mass is 150 g/mol. The average molecular weight is 150 g/mol. The molecule has 2 rings (SSSR count). The predicted molar refractivity (Wildman–Crippen MR) is 44.0 cm³/mol. The van der Waals surface area contributed by atoms with E-state index in [-0.39, 0.29) is 6.17 Å². The van der Waals surface area contributed by atoms with Gasteiger partial charge in [-0.1, -0.05) is 6.92 Å². The van der Waals surface area contributed by atoms with Crippen molar-refractivity contribution in [2.24, 2.45) is 4.99 Å². The van der Waals surface area contributed by atoms with Crippen LogP contribution in [0.4, 0.5) is 5.88 Å². The molecule has 1 aliphatic heterocycles. The Morgan fingerprint density at radius 1 is 1.73 bits per heavy atom. The number of fused-ring (bicyclic) bond motifs is 1. The average Bonchev–Trinajstić information content (AvgIpc) is 2.50. The third-order valence-electron chi connectivity index (χ3n) is 1.77. The van der Waals surface area contributed by atoms with E-state index in [1.807, 2.05) is 12.3 Å². The molecule has 0 aromatic carbocycles. The Bertz CT molecular complexity index is 277. The SMILES string of the molecule is CCC1N=Cc2ccoc2N1. The third kappa shape index (κ3) is 1.02. The smallest absolute Gasteiger partial charge is 0.203 e. The topological polar surface area (TPSA) is 37.5 Å². The lowest BCUT2D eigenvalue weighted by molar-refractivity contribution is 0.561. The highest BCUT2D eigenvalue weighted by Gasteiger charge is 2.13. The Morgan fingerprint density at radius 2 is 2.64 bits per heavy atom. The van der Waals surface area contributed by atoms with Gasteiger partial charge in [-0.15, -0.1) is 0 Å². The molecule has 1 aromatic rings. The van der Waals surface area contributed by atoms with E-state index < -0.39 is 0 Å². The molecule has 1 unspecified atom stereocenters. The van der Waals surface area contributed by atoms with Gasteiger partial charge in [-0.3, -0.25) is 4.99 Å². The molecule has 0 amide bonds. The van der Waals surface area contributed by atoms with Gasteiger partial charge in [-0.05, 0) is 12.5 Å². The number of hydrogen-bond donors (Lipinski definition) is 1. The van der Waals surface area contributed by atoms with Crippen LogP contribution in [0.25, 0.3) is 0 Å². The lowest BCUT2D eigenvalue weighted by Gasteiger charge is -2.15. The molecule has 1 atom stereocenters. The molecule has 0 saturated carbocycles. The molecule has 1 aromatic heterocycles. The highest BCUT2D eigenvalue weighted by Crippen LogP contribution is 2.20. The summed E-state index contributed by atoms with van der Waals surface area (Å²) in [5, 5.41) is 3.16. The molecule has 0 radical (unpaired) electrons. The number of furan rings is 1. The van der Waals surface area contributed by atoms with Crippen molar-refractivity contribution in [2.45, 2.75) is 19.5 Å². The van der Waals surface area contributed by atoms with Crippen molar-refractivity contribution >= 4 is 12.1 Å². The van der Waals surface area contributed by atoms with Crippen LogP contribution in [-0.2, 0) is 0 Å². The van der Waals surface area contributed by atoms with Crippen LogP contribution in [0.1, 0.15) is 18.9 Å². The minimum atomic E-state index is 0.189. The molecule has 2 heterocycles. The Balaban J connectivity index is 2.29. The summed E-state index contributed by atoms with van der Waals surface area (Å²) in [5.41, 5.74) is 1.04. The van der Waals surface area contributed by atoms with Crippen molar-refractivity contribution in [3.8, 4) is 0 Å². The van der Waals surface area contributed by atoms with Gasteiger partial charge in [0.25, 0.3) is 0 Å². The largest absolute Gasteiger partial charge is 0.448 e. The van der Waals surface area contributed by atoms with Crippen LogP contribution in [0.15, 0.2) is 21.7 Å². The molecule has 1 aliphatic rings. The zero-order chi connectivity index (χ0) is 7.68. The second kappa shape index (κ2) is 2.42. The van der Waals surface area contributed by atoms with E-state index in [1.54, 1.807) is 6.26 Å². The van der Waals surface area contributed by atoms with Crippen LogP contribution < -0.4 is 5.32 Å². The predicted octanol–water partition coefficient (Wildman–Crippen LogP) is 1.86. The van der Waals surface area contributed by atoms with Gasteiger partial charge in [0, 0.05) is 6.21 Å². The maximum Gasteiger partial charge on any atom is 0.203 e. The van der Waals surface area contributed by atoms with Crippen molar-refractivity contribution in [3.05, 3.63) is 17.9 Å². The molecular weight excluding hydrogens is 140 g/mol. The van der Waals surface area contributed by atoms with Crippen LogP contribution in [0.3, 0.4) is 0 Å². The van der Waals surface area contributed by atoms with E-state index in [0.717, 1.165) is 17.9 Å². The second-order valence-corrected chi connectivity index (χ2v) is 2.55. The fourth-order valence-corrected chi connectivity index (χ4v) is 1.10. The van der Waals surface area contributed by atoms with Gasteiger partial charge in [0.05, 0.1) is 11.8 Å². The minimum absolute atomic E-state index is 0.189. The Hall–Kier alpha value is -1.25. The van der Waals surface area contributed by atoms with Crippen molar-refractivity contribution < 1.29 is 4.42 Å². The van der Waals surface area contributed by atoms with E-state index in [2.05, 4.69) is 17.2 Å². The van der Waals surface area contributed by atoms with Crippen molar-refractivity contribution in [1.29, 1.82) is 0 Å².